The minimum Gasteiger partial charge on any atom is -0.448 e. The molecule has 0 saturated heterocycles. The molecule has 1 amide bonds. The monoisotopic (exact) mass is 368 g/mol. The van der Waals surface area contributed by atoms with Gasteiger partial charge in [0.2, 0.25) is 0 Å². The summed E-state index contributed by atoms with van der Waals surface area (Å²) in [6.07, 6.45) is 2.27. The zero-order valence-corrected chi connectivity index (χ0v) is 16.1. The summed E-state index contributed by atoms with van der Waals surface area (Å²) in [5.74, 6) is -1.17. The van der Waals surface area contributed by atoms with Crippen LogP contribution in [0.5, 0.6) is 0 Å². The number of ketones is 1. The number of esters is 1. The average molecular weight is 368 g/mol. The van der Waals surface area contributed by atoms with Crippen LogP contribution in [0.3, 0.4) is 0 Å². The van der Waals surface area contributed by atoms with E-state index in [1.165, 1.54) is 25.0 Å². The molecule has 6 heteroatoms. The van der Waals surface area contributed by atoms with E-state index in [4.69, 9.17) is 4.74 Å². The van der Waals surface area contributed by atoms with Crippen LogP contribution in [0.25, 0.3) is 0 Å². The summed E-state index contributed by atoms with van der Waals surface area (Å²) in [4.78, 5) is 39.4. The van der Waals surface area contributed by atoms with Gasteiger partial charge in [-0.2, -0.15) is 0 Å². The predicted octanol–water partition coefficient (Wildman–Crippen LogP) is 3.51. The molecule has 3 rings (SSSR count). The van der Waals surface area contributed by atoms with Crippen LogP contribution in [0.2, 0.25) is 0 Å². The molecule has 142 valence electrons. The smallest absolute Gasteiger partial charge is 0.355 e. The van der Waals surface area contributed by atoms with Crippen LogP contribution in [-0.2, 0) is 22.4 Å². The number of carbonyl (C=O) groups excluding carboxylic acids is 3. The Morgan fingerprint density at radius 3 is 2.52 bits per heavy atom. The lowest BCUT2D eigenvalue weighted by molar-refractivity contribution is -0.123. The molecule has 0 bridgehead atoms. The molecule has 0 unspecified atom stereocenters. The van der Waals surface area contributed by atoms with Crippen molar-refractivity contribution in [3.63, 3.8) is 0 Å². The second kappa shape index (κ2) is 7.39. The summed E-state index contributed by atoms with van der Waals surface area (Å²) >= 11 is 0. The molecule has 1 aliphatic carbocycles. The molecule has 0 fully saturated rings. The third-order valence-electron chi connectivity index (χ3n) is 5.01. The Bertz CT molecular complexity index is 927. The van der Waals surface area contributed by atoms with Gasteiger partial charge in [0.05, 0.1) is 0 Å². The topological polar surface area (TPSA) is 88.3 Å². The molecule has 0 radical (unpaired) electrons. The third kappa shape index (κ3) is 3.79. The fraction of sp³-hybridized carbons (Fsp3) is 0.381. The van der Waals surface area contributed by atoms with Crippen molar-refractivity contribution in [1.82, 2.24) is 4.98 Å². The third-order valence-corrected chi connectivity index (χ3v) is 5.01. The Balaban J connectivity index is 1.67. The van der Waals surface area contributed by atoms with Gasteiger partial charge < -0.3 is 15.0 Å². The van der Waals surface area contributed by atoms with E-state index in [-0.39, 0.29) is 11.5 Å². The van der Waals surface area contributed by atoms with Crippen LogP contribution in [0.1, 0.15) is 63.5 Å². The normalized spacial score (nSPS) is 13.8. The quantitative estimate of drug-likeness (QED) is 0.624. The zero-order chi connectivity index (χ0) is 19.7. The van der Waals surface area contributed by atoms with E-state index < -0.39 is 18.0 Å². The summed E-state index contributed by atoms with van der Waals surface area (Å²) < 4.78 is 5.30. The molecule has 2 aromatic rings. The molecular weight excluding hydrogens is 344 g/mol. The number of anilines is 1. The lowest BCUT2D eigenvalue weighted by Crippen LogP contribution is -2.30. The highest BCUT2D eigenvalue weighted by atomic mass is 16.5. The van der Waals surface area contributed by atoms with E-state index in [0.717, 1.165) is 19.3 Å². The number of aryl methyl sites for hydroxylation is 3. The Morgan fingerprint density at radius 1 is 1.15 bits per heavy atom. The van der Waals surface area contributed by atoms with Gasteiger partial charge in [0.1, 0.15) is 5.69 Å². The zero-order valence-electron chi connectivity index (χ0n) is 16.1. The number of aromatic amines is 1. The second-order valence-electron chi connectivity index (χ2n) is 7.06. The van der Waals surface area contributed by atoms with Gasteiger partial charge in [-0.15, -0.1) is 0 Å². The molecule has 0 spiro atoms. The first-order valence-electron chi connectivity index (χ1n) is 9.11. The molecule has 0 saturated carbocycles. The van der Waals surface area contributed by atoms with Crippen molar-refractivity contribution in [2.75, 3.05) is 5.32 Å². The van der Waals surface area contributed by atoms with Crippen molar-refractivity contribution in [2.24, 2.45) is 0 Å². The average Bonchev–Trinajstić information content (AvgIpc) is 3.18. The van der Waals surface area contributed by atoms with Crippen LogP contribution in [-0.4, -0.2) is 28.7 Å². The van der Waals surface area contributed by atoms with Crippen molar-refractivity contribution >= 4 is 23.3 Å². The number of rotatable bonds is 5. The summed E-state index contributed by atoms with van der Waals surface area (Å²) in [6.45, 7) is 6.39. The van der Waals surface area contributed by atoms with Gasteiger partial charge in [-0.1, -0.05) is 6.07 Å². The summed E-state index contributed by atoms with van der Waals surface area (Å²) in [5.41, 5.74) is 5.12. The number of benzene rings is 1. The second-order valence-corrected chi connectivity index (χ2v) is 7.06. The predicted molar refractivity (Wildman–Crippen MR) is 102 cm³/mol. The minimum atomic E-state index is -0.963. The Hall–Kier alpha value is -2.89. The number of hydrogen-bond acceptors (Lipinski definition) is 4. The number of Topliss-reactive ketones (excluding diaryl/α,β-unsaturated/α-hetero) is 1. The first kappa shape index (κ1) is 18.9. The maximum Gasteiger partial charge on any atom is 0.355 e. The van der Waals surface area contributed by atoms with Crippen LogP contribution < -0.4 is 5.32 Å². The Morgan fingerprint density at radius 2 is 1.85 bits per heavy atom. The molecule has 1 aromatic carbocycles. The summed E-state index contributed by atoms with van der Waals surface area (Å²) in [7, 11) is 0. The van der Waals surface area contributed by atoms with Crippen molar-refractivity contribution in [1.29, 1.82) is 0 Å². The molecular formula is C21H24N2O4. The SMILES string of the molecule is CC(=O)c1c(C)[nH]c(C(=O)O[C@@H](C)C(=O)Nc2ccc3c(c2)CCC3)c1C. The number of aromatic nitrogens is 1. The highest BCUT2D eigenvalue weighted by Gasteiger charge is 2.25. The number of ether oxygens (including phenoxy) is 1. The van der Waals surface area contributed by atoms with E-state index in [1.54, 1.807) is 13.8 Å². The maximum atomic E-state index is 12.4. The standard InChI is InChI=1S/C21H24N2O4/c1-11-18(13(3)24)12(2)22-19(11)21(26)27-14(4)20(25)23-17-9-8-15-6-5-7-16(15)10-17/h8-10,14,22H,5-7H2,1-4H3,(H,23,25)/t14-/m0/s1. The Kier molecular flexibility index (Phi) is 5.17. The van der Waals surface area contributed by atoms with Gasteiger partial charge >= 0.3 is 5.97 Å². The highest BCUT2D eigenvalue weighted by molar-refractivity contribution is 6.02. The van der Waals surface area contributed by atoms with E-state index in [1.807, 2.05) is 18.2 Å². The van der Waals surface area contributed by atoms with Crippen LogP contribution in [0, 0.1) is 13.8 Å². The highest BCUT2D eigenvalue weighted by Crippen LogP contribution is 2.25. The first-order chi connectivity index (χ1) is 12.8. The van der Waals surface area contributed by atoms with Gasteiger partial charge in [0, 0.05) is 16.9 Å². The largest absolute Gasteiger partial charge is 0.448 e. The van der Waals surface area contributed by atoms with E-state index in [0.29, 0.717) is 22.5 Å². The van der Waals surface area contributed by atoms with Gasteiger partial charge in [-0.25, -0.2) is 4.79 Å². The van der Waals surface area contributed by atoms with Crippen molar-refractivity contribution < 1.29 is 19.1 Å². The van der Waals surface area contributed by atoms with Crippen molar-refractivity contribution in [3.05, 3.63) is 51.8 Å². The summed E-state index contributed by atoms with van der Waals surface area (Å²) in [6, 6.07) is 5.88. The molecule has 6 nitrogen and oxygen atoms in total. The van der Waals surface area contributed by atoms with Gasteiger partial charge in [-0.3, -0.25) is 9.59 Å². The number of fused-ring (bicyclic) bond motifs is 1. The number of hydrogen-bond donors (Lipinski definition) is 2. The summed E-state index contributed by atoms with van der Waals surface area (Å²) in [5, 5.41) is 2.80. The fourth-order valence-electron chi connectivity index (χ4n) is 3.65. The lowest BCUT2D eigenvalue weighted by atomic mass is 10.1. The Labute approximate surface area is 158 Å². The van der Waals surface area contributed by atoms with Gasteiger partial charge in [0.15, 0.2) is 11.9 Å². The number of nitrogens with one attached hydrogen (secondary N) is 2. The molecule has 1 aromatic heterocycles. The van der Waals surface area contributed by atoms with E-state index in [2.05, 4.69) is 10.3 Å². The molecule has 1 heterocycles. The molecule has 27 heavy (non-hydrogen) atoms. The molecule has 2 N–H and O–H groups in total. The lowest BCUT2D eigenvalue weighted by Gasteiger charge is -2.14. The number of carbonyl (C=O) groups is 3. The minimum absolute atomic E-state index is 0.122. The molecule has 1 atom stereocenters. The van der Waals surface area contributed by atoms with Gasteiger partial charge in [0.25, 0.3) is 5.91 Å². The van der Waals surface area contributed by atoms with Gasteiger partial charge in [-0.05, 0) is 75.8 Å². The molecule has 0 aliphatic heterocycles. The van der Waals surface area contributed by atoms with Crippen molar-refractivity contribution in [3.8, 4) is 0 Å². The van der Waals surface area contributed by atoms with Crippen LogP contribution in [0.15, 0.2) is 18.2 Å². The van der Waals surface area contributed by atoms with E-state index >= 15 is 0 Å². The van der Waals surface area contributed by atoms with E-state index in [9.17, 15) is 14.4 Å². The first-order valence-corrected chi connectivity index (χ1v) is 9.11. The number of amides is 1. The molecule has 1 aliphatic rings. The van der Waals surface area contributed by atoms with Crippen molar-refractivity contribution in [2.45, 2.75) is 53.1 Å². The van der Waals surface area contributed by atoms with Crippen LogP contribution >= 0.6 is 0 Å². The maximum absolute atomic E-state index is 12.4. The van der Waals surface area contributed by atoms with Crippen LogP contribution in [0.4, 0.5) is 5.69 Å². The fourth-order valence-corrected chi connectivity index (χ4v) is 3.65. The number of H-pyrrole nitrogens is 1.